The number of piperidine rings is 2. The number of hydrogen-bond acceptors (Lipinski definition) is 10. The van der Waals surface area contributed by atoms with Crippen molar-refractivity contribution in [2.24, 2.45) is 13.0 Å². The first-order chi connectivity index (χ1) is 26.5. The molecule has 4 fully saturated rings. The van der Waals surface area contributed by atoms with Crippen molar-refractivity contribution < 1.29 is 13.8 Å². The summed E-state index contributed by atoms with van der Waals surface area (Å²) in [6.07, 6.45) is 7.45. The molecule has 2 aromatic carbocycles. The third-order valence-corrected chi connectivity index (χ3v) is 13.3. The minimum Gasteiger partial charge on any atom is -0.371 e. The summed E-state index contributed by atoms with van der Waals surface area (Å²) < 4.78 is 17.5. The van der Waals surface area contributed by atoms with Crippen molar-refractivity contribution in [1.29, 1.82) is 0 Å². The first-order valence-corrected chi connectivity index (χ1v) is 20.8. The van der Waals surface area contributed by atoms with E-state index in [-0.39, 0.29) is 23.9 Å². The fraction of sp³-hybridized carbons (Fsp3) is 0.513. The van der Waals surface area contributed by atoms with Crippen LogP contribution in [0.2, 0.25) is 5.02 Å². The predicted molar refractivity (Wildman–Crippen MR) is 217 cm³/mol. The normalized spacial score (nSPS) is 21.3. The molecule has 0 radical (unpaired) electrons. The van der Waals surface area contributed by atoms with Gasteiger partial charge >= 0.3 is 6.03 Å². The molecule has 8 rings (SSSR count). The Morgan fingerprint density at radius 3 is 2.42 bits per heavy atom. The number of anilines is 4. The van der Waals surface area contributed by atoms with Crippen molar-refractivity contribution in [3.05, 3.63) is 59.9 Å². The number of aryl methyl sites for hydroxylation is 1. The average molecular weight is 788 g/mol. The van der Waals surface area contributed by atoms with Gasteiger partial charge in [0.2, 0.25) is 11.9 Å². The highest BCUT2D eigenvalue weighted by Crippen LogP contribution is 2.35. The van der Waals surface area contributed by atoms with Crippen LogP contribution in [0.15, 0.2) is 59.8 Å². The molecule has 6 heterocycles. The number of amides is 3. The summed E-state index contributed by atoms with van der Waals surface area (Å²) in [6.45, 7) is 12.4. The van der Waals surface area contributed by atoms with E-state index in [2.05, 4.69) is 88.9 Å². The molecule has 0 bridgehead atoms. The lowest BCUT2D eigenvalue weighted by Crippen LogP contribution is -2.60. The Bertz CT molecular complexity index is 2060. The van der Waals surface area contributed by atoms with Gasteiger partial charge in [0.15, 0.2) is 5.82 Å². The van der Waals surface area contributed by atoms with Crippen LogP contribution in [0.3, 0.4) is 0 Å². The highest BCUT2D eigenvalue weighted by atomic mass is 35.5. The Kier molecular flexibility index (Phi) is 10.7. The van der Waals surface area contributed by atoms with E-state index in [9.17, 15) is 13.8 Å². The van der Waals surface area contributed by atoms with Crippen molar-refractivity contribution in [1.82, 2.24) is 34.3 Å². The Labute approximate surface area is 329 Å². The summed E-state index contributed by atoms with van der Waals surface area (Å²) in [7, 11) is 0.694. The second-order valence-corrected chi connectivity index (χ2v) is 17.8. The number of rotatable bonds is 9. The third-order valence-electron chi connectivity index (χ3n) is 11.6. The van der Waals surface area contributed by atoms with Crippen LogP contribution in [0.1, 0.15) is 46.0 Å². The minimum absolute atomic E-state index is 0.0752. The summed E-state index contributed by atoms with van der Waals surface area (Å²) in [4.78, 5) is 42.8. The van der Waals surface area contributed by atoms with Crippen LogP contribution in [0.4, 0.5) is 27.9 Å². The zero-order valence-electron chi connectivity index (χ0n) is 31.8. The van der Waals surface area contributed by atoms with Crippen LogP contribution in [-0.4, -0.2) is 116 Å². The maximum absolute atomic E-state index is 13.7. The maximum atomic E-state index is 13.7. The number of nitrogens with one attached hydrogen (secondary N) is 2. The van der Waals surface area contributed by atoms with E-state index in [0.29, 0.717) is 29.3 Å². The SMILES string of the molecule is Cn1nc(N2CCC(=O)NC2=O)c2ccc(N3CCN(CC4CCN(c5cccc(S(=O)N6CCC(Nc7ncc(Cl)cn7)CC6)c5)CC4)CC3(C)C)cc21. The molecule has 1 atom stereocenters. The van der Waals surface area contributed by atoms with Gasteiger partial charge in [-0.15, -0.1) is 0 Å². The van der Waals surface area contributed by atoms with E-state index in [0.717, 1.165) is 105 Å². The lowest BCUT2D eigenvalue weighted by atomic mass is 9.92. The molecule has 1 unspecified atom stereocenters. The fourth-order valence-corrected chi connectivity index (χ4v) is 10.0. The van der Waals surface area contributed by atoms with Gasteiger partial charge in [0, 0.05) is 101 Å². The number of fused-ring (bicyclic) bond motifs is 1. The Morgan fingerprint density at radius 1 is 0.927 bits per heavy atom. The molecule has 2 aromatic heterocycles. The van der Waals surface area contributed by atoms with Crippen LogP contribution in [-0.2, 0) is 22.8 Å². The number of carbonyl (C=O) groups is 2. The summed E-state index contributed by atoms with van der Waals surface area (Å²) in [5.74, 6) is 1.54. The molecule has 0 spiro atoms. The summed E-state index contributed by atoms with van der Waals surface area (Å²) in [6, 6.07) is 14.5. The molecular formula is C39H50ClN11O3S. The maximum Gasteiger partial charge on any atom is 0.329 e. The number of halogens is 1. The quantitative estimate of drug-likeness (QED) is 0.242. The Hall–Kier alpha value is -4.31. The van der Waals surface area contributed by atoms with Gasteiger partial charge in [0.05, 0.1) is 27.8 Å². The monoisotopic (exact) mass is 787 g/mol. The smallest absolute Gasteiger partial charge is 0.329 e. The lowest BCUT2D eigenvalue weighted by Gasteiger charge is -2.49. The van der Waals surface area contributed by atoms with Gasteiger partial charge in [-0.05, 0) is 81.8 Å². The van der Waals surface area contributed by atoms with Gasteiger partial charge in [-0.1, -0.05) is 17.7 Å². The summed E-state index contributed by atoms with van der Waals surface area (Å²) in [5.41, 5.74) is 3.18. The number of urea groups is 1. The first kappa shape index (κ1) is 37.6. The number of piperazine rings is 1. The largest absolute Gasteiger partial charge is 0.371 e. The van der Waals surface area contributed by atoms with E-state index in [1.165, 1.54) is 0 Å². The first-order valence-electron chi connectivity index (χ1n) is 19.3. The molecule has 0 aliphatic carbocycles. The molecule has 0 saturated carbocycles. The molecule has 16 heteroatoms. The van der Waals surface area contributed by atoms with Crippen LogP contribution in [0.5, 0.6) is 0 Å². The van der Waals surface area contributed by atoms with Gasteiger partial charge < -0.3 is 15.1 Å². The van der Waals surface area contributed by atoms with Gasteiger partial charge in [0.25, 0.3) is 0 Å². The molecule has 4 aromatic rings. The lowest BCUT2D eigenvalue weighted by molar-refractivity contribution is -0.120. The number of benzene rings is 2. The summed E-state index contributed by atoms with van der Waals surface area (Å²) in [5, 5.41) is 11.9. The molecular weight excluding hydrogens is 738 g/mol. The van der Waals surface area contributed by atoms with Crippen molar-refractivity contribution in [2.75, 3.05) is 78.9 Å². The number of hydrogen-bond donors (Lipinski definition) is 2. The van der Waals surface area contributed by atoms with E-state index in [1.807, 2.05) is 23.9 Å². The topological polar surface area (TPSA) is 135 Å². The number of aromatic nitrogens is 4. The van der Waals surface area contributed by atoms with Crippen molar-refractivity contribution in [2.45, 2.75) is 62.4 Å². The van der Waals surface area contributed by atoms with E-state index >= 15 is 0 Å². The van der Waals surface area contributed by atoms with Crippen molar-refractivity contribution in [3.8, 4) is 0 Å². The second kappa shape index (κ2) is 15.7. The third kappa shape index (κ3) is 8.16. The highest BCUT2D eigenvalue weighted by Gasteiger charge is 2.36. The van der Waals surface area contributed by atoms with Gasteiger partial charge in [0.1, 0.15) is 11.0 Å². The standard InChI is InChI=1S/C39H50ClN11O3S/c1-39(2)26-47(19-20-51(39)31-7-8-33-34(22-31)46(3)45-36(33)50-18-13-35(52)44-38(50)53)25-27-9-14-48(15-10-27)30-5-4-6-32(21-30)55(54)49-16-11-29(12-17-49)43-37-41-23-28(40)24-42-37/h4-8,21-24,27,29H,9-20,25-26H2,1-3H3,(H,41,42,43)(H,44,52,53). The zero-order valence-corrected chi connectivity index (χ0v) is 33.4. The molecule has 292 valence electrons. The van der Waals surface area contributed by atoms with Gasteiger partial charge in [-0.2, -0.15) is 5.10 Å². The molecule has 4 saturated heterocycles. The molecule has 2 N–H and O–H groups in total. The second-order valence-electron chi connectivity index (χ2n) is 15.9. The molecule has 3 amide bonds. The number of imide groups is 1. The zero-order chi connectivity index (χ0) is 38.3. The van der Waals surface area contributed by atoms with Crippen LogP contribution < -0.4 is 25.3 Å². The fourth-order valence-electron chi connectivity index (χ4n) is 8.66. The van der Waals surface area contributed by atoms with E-state index in [1.54, 1.807) is 17.3 Å². The Morgan fingerprint density at radius 2 is 1.69 bits per heavy atom. The van der Waals surface area contributed by atoms with Crippen LogP contribution in [0.25, 0.3) is 10.9 Å². The number of carbonyl (C=O) groups excluding carboxylic acids is 2. The average Bonchev–Trinajstić information content (AvgIpc) is 3.50. The van der Waals surface area contributed by atoms with E-state index < -0.39 is 17.0 Å². The summed E-state index contributed by atoms with van der Waals surface area (Å²) >= 11 is 5.92. The number of nitrogens with zero attached hydrogens (tertiary/aromatic N) is 9. The van der Waals surface area contributed by atoms with Gasteiger partial charge in [-0.3, -0.25) is 24.6 Å². The minimum atomic E-state index is -1.21. The van der Waals surface area contributed by atoms with Crippen molar-refractivity contribution in [3.63, 3.8) is 0 Å². The molecule has 4 aliphatic rings. The highest BCUT2D eigenvalue weighted by molar-refractivity contribution is 7.82. The van der Waals surface area contributed by atoms with Gasteiger partial charge in [-0.25, -0.2) is 23.3 Å². The van der Waals surface area contributed by atoms with Crippen molar-refractivity contribution >= 4 is 68.6 Å². The van der Waals surface area contributed by atoms with E-state index in [4.69, 9.17) is 11.6 Å². The molecule has 14 nitrogen and oxygen atoms in total. The molecule has 55 heavy (non-hydrogen) atoms. The predicted octanol–water partition coefficient (Wildman–Crippen LogP) is 4.88. The Balaban J connectivity index is 0.825. The molecule has 4 aliphatic heterocycles. The van der Waals surface area contributed by atoms with Crippen LogP contribution in [0, 0.1) is 5.92 Å². The van der Waals surface area contributed by atoms with Crippen LogP contribution >= 0.6 is 11.6 Å².